The molecule has 1 amide bonds. The Morgan fingerprint density at radius 1 is 1.21 bits per heavy atom. The fourth-order valence-corrected chi connectivity index (χ4v) is 2.34. The Labute approximate surface area is 148 Å². The zero-order chi connectivity index (χ0) is 17.4. The summed E-state index contributed by atoms with van der Waals surface area (Å²) in [7, 11) is 1.80. The summed E-state index contributed by atoms with van der Waals surface area (Å²) < 4.78 is 0. The summed E-state index contributed by atoms with van der Waals surface area (Å²) in [6.07, 6.45) is 6.05. The number of aromatic nitrogens is 2. The average molecular weight is 347 g/mol. The van der Waals surface area contributed by atoms with Crippen LogP contribution in [0.3, 0.4) is 0 Å². The molecule has 128 valence electrons. The maximum atomic E-state index is 12.2. The Morgan fingerprint density at radius 2 is 1.88 bits per heavy atom. The number of hydrogen-bond donors (Lipinski definition) is 1. The molecule has 0 saturated heterocycles. The molecule has 0 aliphatic carbocycles. The zero-order valence-corrected chi connectivity index (χ0v) is 14.9. The van der Waals surface area contributed by atoms with Crippen LogP contribution in [0.4, 0.5) is 5.95 Å². The Morgan fingerprint density at radius 3 is 2.50 bits per heavy atom. The molecule has 0 spiro atoms. The van der Waals surface area contributed by atoms with Crippen LogP contribution in [0, 0.1) is 0 Å². The maximum absolute atomic E-state index is 12.2. The smallest absolute Gasteiger partial charge is 0.256 e. The van der Waals surface area contributed by atoms with Crippen LogP contribution in [-0.4, -0.2) is 40.9 Å². The summed E-state index contributed by atoms with van der Waals surface area (Å²) in [6, 6.07) is 7.75. The number of unbranched alkanes of at least 4 members (excludes halogenated alkanes) is 1. The van der Waals surface area contributed by atoms with Gasteiger partial charge in [-0.1, -0.05) is 37.1 Å². The van der Waals surface area contributed by atoms with Gasteiger partial charge in [0.2, 0.25) is 5.95 Å². The molecule has 0 fully saturated rings. The molecule has 2 rings (SSSR count). The molecule has 6 heteroatoms. The predicted octanol–water partition coefficient (Wildman–Crippen LogP) is 3.66. The van der Waals surface area contributed by atoms with E-state index in [1.807, 2.05) is 24.3 Å². The highest BCUT2D eigenvalue weighted by Gasteiger charge is 2.12. The highest BCUT2D eigenvalue weighted by atomic mass is 35.5. The molecule has 2 aromatic rings. The summed E-state index contributed by atoms with van der Waals surface area (Å²) in [5.41, 5.74) is 1.70. The molecule has 0 unspecified atom stereocenters. The minimum absolute atomic E-state index is 0.0452. The molecule has 0 atom stereocenters. The van der Waals surface area contributed by atoms with Gasteiger partial charge in [0.15, 0.2) is 0 Å². The summed E-state index contributed by atoms with van der Waals surface area (Å²) >= 11 is 5.87. The molecule has 1 N–H and O–H groups in total. The van der Waals surface area contributed by atoms with Crippen LogP contribution in [0.2, 0.25) is 5.02 Å². The van der Waals surface area contributed by atoms with Gasteiger partial charge in [-0.2, -0.15) is 0 Å². The van der Waals surface area contributed by atoms with Crippen molar-refractivity contribution in [1.29, 1.82) is 0 Å². The Balaban J connectivity index is 1.83. The third-order valence-corrected chi connectivity index (χ3v) is 3.95. The van der Waals surface area contributed by atoms with E-state index in [1.165, 1.54) is 5.56 Å². The first-order valence-electron chi connectivity index (χ1n) is 8.16. The third kappa shape index (κ3) is 5.49. The number of halogens is 1. The number of anilines is 1. The molecule has 0 bridgehead atoms. The van der Waals surface area contributed by atoms with Gasteiger partial charge in [-0.3, -0.25) is 4.79 Å². The van der Waals surface area contributed by atoms with Crippen molar-refractivity contribution in [1.82, 2.24) is 14.9 Å². The van der Waals surface area contributed by atoms with Crippen LogP contribution >= 0.6 is 11.6 Å². The van der Waals surface area contributed by atoms with E-state index in [1.54, 1.807) is 24.3 Å². The zero-order valence-electron chi connectivity index (χ0n) is 14.1. The molecule has 24 heavy (non-hydrogen) atoms. The second kappa shape index (κ2) is 9.23. The minimum atomic E-state index is -0.0452. The van der Waals surface area contributed by atoms with E-state index in [9.17, 15) is 4.79 Å². The van der Waals surface area contributed by atoms with E-state index in [4.69, 9.17) is 11.6 Å². The van der Waals surface area contributed by atoms with E-state index >= 15 is 0 Å². The van der Waals surface area contributed by atoms with Crippen molar-refractivity contribution in [3.63, 3.8) is 0 Å². The molecular weight excluding hydrogens is 324 g/mol. The highest BCUT2D eigenvalue weighted by molar-refractivity contribution is 6.30. The number of rotatable bonds is 8. The third-order valence-electron chi connectivity index (χ3n) is 3.70. The SMILES string of the molecule is CCCCN(C)C(=O)c1cnc(NCCc2ccc(Cl)cc2)nc1. The lowest BCUT2D eigenvalue weighted by molar-refractivity contribution is 0.0792. The lowest BCUT2D eigenvalue weighted by Crippen LogP contribution is -2.28. The molecular formula is C18H23ClN4O. The molecule has 0 aliphatic rings. The van der Waals surface area contributed by atoms with Crippen molar-refractivity contribution in [2.45, 2.75) is 26.2 Å². The summed E-state index contributed by atoms with van der Waals surface area (Å²) in [4.78, 5) is 22.3. The Hall–Kier alpha value is -2.14. The quantitative estimate of drug-likeness (QED) is 0.792. The number of nitrogens with one attached hydrogen (secondary N) is 1. The fraction of sp³-hybridized carbons (Fsp3) is 0.389. The minimum Gasteiger partial charge on any atom is -0.354 e. The second-order valence-electron chi connectivity index (χ2n) is 5.68. The van der Waals surface area contributed by atoms with Crippen LogP contribution in [0.5, 0.6) is 0 Å². The maximum Gasteiger partial charge on any atom is 0.256 e. The number of hydrogen-bond acceptors (Lipinski definition) is 4. The van der Waals surface area contributed by atoms with Crippen LogP contribution in [0.25, 0.3) is 0 Å². The van der Waals surface area contributed by atoms with Gasteiger partial charge < -0.3 is 10.2 Å². The van der Waals surface area contributed by atoms with Gasteiger partial charge in [0.1, 0.15) is 0 Å². The molecule has 1 heterocycles. The van der Waals surface area contributed by atoms with Gasteiger partial charge >= 0.3 is 0 Å². The Kier molecular flexibility index (Phi) is 7.00. The van der Waals surface area contributed by atoms with Crippen molar-refractivity contribution in [3.05, 3.63) is 52.8 Å². The molecule has 1 aromatic heterocycles. The van der Waals surface area contributed by atoms with Gasteiger partial charge in [0.25, 0.3) is 5.91 Å². The van der Waals surface area contributed by atoms with Gasteiger partial charge in [-0.15, -0.1) is 0 Å². The molecule has 0 radical (unpaired) electrons. The Bertz CT molecular complexity index is 643. The van der Waals surface area contributed by atoms with Gasteiger partial charge in [-0.25, -0.2) is 9.97 Å². The van der Waals surface area contributed by atoms with Gasteiger partial charge in [-0.05, 0) is 30.5 Å². The number of carbonyl (C=O) groups is 1. The van der Waals surface area contributed by atoms with E-state index in [-0.39, 0.29) is 5.91 Å². The first-order valence-corrected chi connectivity index (χ1v) is 8.53. The number of amides is 1. The lowest BCUT2D eigenvalue weighted by atomic mass is 10.1. The normalized spacial score (nSPS) is 10.5. The van der Waals surface area contributed by atoms with Crippen molar-refractivity contribution in [2.75, 3.05) is 25.5 Å². The second-order valence-corrected chi connectivity index (χ2v) is 6.12. The van der Waals surface area contributed by atoms with E-state index < -0.39 is 0 Å². The van der Waals surface area contributed by atoms with E-state index in [0.717, 1.165) is 30.8 Å². The van der Waals surface area contributed by atoms with Crippen molar-refractivity contribution < 1.29 is 4.79 Å². The van der Waals surface area contributed by atoms with Crippen molar-refractivity contribution in [3.8, 4) is 0 Å². The standard InChI is InChI=1S/C18H23ClN4O/c1-3-4-11-23(2)17(24)15-12-21-18(22-13-15)20-10-9-14-5-7-16(19)8-6-14/h5-8,12-13H,3-4,9-11H2,1-2H3,(H,20,21,22). The first-order chi connectivity index (χ1) is 11.6. The summed E-state index contributed by atoms with van der Waals surface area (Å²) in [5.74, 6) is 0.480. The summed E-state index contributed by atoms with van der Waals surface area (Å²) in [6.45, 7) is 3.56. The van der Waals surface area contributed by atoms with Gasteiger partial charge in [0, 0.05) is 37.6 Å². The molecule has 1 aromatic carbocycles. The number of carbonyl (C=O) groups excluding carboxylic acids is 1. The highest BCUT2D eigenvalue weighted by Crippen LogP contribution is 2.10. The van der Waals surface area contributed by atoms with Gasteiger partial charge in [0.05, 0.1) is 5.56 Å². The predicted molar refractivity (Wildman–Crippen MR) is 97.5 cm³/mol. The lowest BCUT2D eigenvalue weighted by Gasteiger charge is -2.16. The average Bonchev–Trinajstić information content (AvgIpc) is 2.61. The molecule has 0 aliphatic heterocycles. The topological polar surface area (TPSA) is 58.1 Å². The van der Waals surface area contributed by atoms with Crippen molar-refractivity contribution >= 4 is 23.5 Å². The fourth-order valence-electron chi connectivity index (χ4n) is 2.22. The molecule has 5 nitrogen and oxygen atoms in total. The van der Waals surface area contributed by atoms with E-state index in [0.29, 0.717) is 18.1 Å². The monoisotopic (exact) mass is 346 g/mol. The largest absolute Gasteiger partial charge is 0.354 e. The van der Waals surface area contributed by atoms with Crippen LogP contribution in [0.1, 0.15) is 35.7 Å². The van der Waals surface area contributed by atoms with Crippen LogP contribution in [-0.2, 0) is 6.42 Å². The van der Waals surface area contributed by atoms with Crippen molar-refractivity contribution in [2.24, 2.45) is 0 Å². The van der Waals surface area contributed by atoms with Crippen LogP contribution in [0.15, 0.2) is 36.7 Å². The van der Waals surface area contributed by atoms with E-state index in [2.05, 4.69) is 22.2 Å². The van der Waals surface area contributed by atoms with Crippen LogP contribution < -0.4 is 5.32 Å². The number of nitrogens with zero attached hydrogens (tertiary/aromatic N) is 3. The molecule has 0 saturated carbocycles. The summed E-state index contributed by atoms with van der Waals surface area (Å²) in [5, 5.41) is 3.89. The number of benzene rings is 1. The first kappa shape index (κ1) is 18.2.